The highest BCUT2D eigenvalue weighted by Gasteiger charge is 2.24. The number of carbonyl (C=O) groups is 1. The zero-order chi connectivity index (χ0) is 18.1. The second kappa shape index (κ2) is 10.0. The number of thiocarbonyl (C=S) groups is 1. The van der Waals surface area contributed by atoms with E-state index >= 15 is 0 Å². The summed E-state index contributed by atoms with van der Waals surface area (Å²) in [6.07, 6.45) is 0. The zero-order valence-electron chi connectivity index (χ0n) is 15.1. The summed E-state index contributed by atoms with van der Waals surface area (Å²) in [5, 5.41) is 3.79. The number of amidine groups is 1. The number of hydrogen-bond acceptors (Lipinski definition) is 4. The van der Waals surface area contributed by atoms with E-state index in [2.05, 4.69) is 10.3 Å². The van der Waals surface area contributed by atoms with Gasteiger partial charge in [0.05, 0.1) is 7.11 Å². The van der Waals surface area contributed by atoms with Crippen LogP contribution in [0, 0.1) is 5.92 Å². The van der Waals surface area contributed by atoms with Gasteiger partial charge in [0.1, 0.15) is 5.84 Å². The molecule has 0 saturated carbocycles. The summed E-state index contributed by atoms with van der Waals surface area (Å²) in [5.41, 5.74) is 0.876. The first-order valence-corrected chi connectivity index (χ1v) is 8.62. The highest BCUT2D eigenvalue weighted by molar-refractivity contribution is 7.80. The van der Waals surface area contributed by atoms with E-state index in [1.54, 1.807) is 0 Å². The molecule has 0 aromatic heterocycles. The predicted molar refractivity (Wildman–Crippen MR) is 102 cm³/mol. The molecule has 0 unspecified atom stereocenters. The molecule has 0 fully saturated rings. The molecule has 1 rings (SSSR count). The second-order valence-corrected chi connectivity index (χ2v) is 6.04. The van der Waals surface area contributed by atoms with Crippen LogP contribution < -0.4 is 5.32 Å². The fourth-order valence-electron chi connectivity index (χ4n) is 2.20. The number of benzene rings is 1. The Bertz CT molecular complexity index is 569. The molecule has 0 aliphatic heterocycles. The highest BCUT2D eigenvalue weighted by Crippen LogP contribution is 2.11. The van der Waals surface area contributed by atoms with Crippen LogP contribution in [0.4, 0.5) is 0 Å². The van der Waals surface area contributed by atoms with Crippen molar-refractivity contribution < 1.29 is 9.53 Å². The minimum absolute atomic E-state index is 0.0139. The number of nitrogens with one attached hydrogen (secondary N) is 1. The van der Waals surface area contributed by atoms with Gasteiger partial charge >= 0.3 is 5.97 Å². The maximum atomic E-state index is 12.1. The van der Waals surface area contributed by atoms with Crippen LogP contribution in [0.2, 0.25) is 0 Å². The summed E-state index contributed by atoms with van der Waals surface area (Å²) in [6, 6.07) is 9.07. The van der Waals surface area contributed by atoms with E-state index in [-0.39, 0.29) is 11.9 Å². The maximum absolute atomic E-state index is 12.1. The first-order chi connectivity index (χ1) is 11.4. The molecular formula is C18H27N3O2S. The van der Waals surface area contributed by atoms with Crippen LogP contribution >= 0.6 is 12.2 Å². The van der Waals surface area contributed by atoms with Crippen molar-refractivity contribution in [1.82, 2.24) is 10.2 Å². The molecule has 1 N–H and O–H groups in total. The summed E-state index contributed by atoms with van der Waals surface area (Å²) in [7, 11) is 1.38. The molecule has 6 heteroatoms. The van der Waals surface area contributed by atoms with Gasteiger partial charge in [0.15, 0.2) is 11.2 Å². The van der Waals surface area contributed by atoms with Crippen molar-refractivity contribution in [1.29, 1.82) is 0 Å². The summed E-state index contributed by atoms with van der Waals surface area (Å²) in [4.78, 5) is 18.7. The molecule has 0 spiro atoms. The lowest BCUT2D eigenvalue weighted by atomic mass is 10.1. The van der Waals surface area contributed by atoms with Crippen molar-refractivity contribution in [3.63, 3.8) is 0 Å². The van der Waals surface area contributed by atoms with E-state index in [1.165, 1.54) is 7.11 Å². The SMILES string of the molecule is CCN(CC)C(=S)NC(=N[C@H](C(=O)OC)C(C)C)c1ccccc1. The van der Waals surface area contributed by atoms with Crippen LogP contribution in [0.15, 0.2) is 35.3 Å². The number of nitrogens with zero attached hydrogens (tertiary/aromatic N) is 2. The van der Waals surface area contributed by atoms with Crippen molar-refractivity contribution in [2.75, 3.05) is 20.2 Å². The third-order valence-electron chi connectivity index (χ3n) is 3.67. The minimum atomic E-state index is -0.586. The van der Waals surface area contributed by atoms with E-state index in [9.17, 15) is 4.79 Å². The van der Waals surface area contributed by atoms with Crippen molar-refractivity contribution in [3.8, 4) is 0 Å². The molecule has 1 aromatic rings. The Balaban J connectivity index is 3.21. The van der Waals surface area contributed by atoms with Gasteiger partial charge in [-0.3, -0.25) is 4.99 Å². The Morgan fingerprint density at radius 3 is 2.29 bits per heavy atom. The normalized spacial score (nSPS) is 12.7. The molecule has 24 heavy (non-hydrogen) atoms. The van der Waals surface area contributed by atoms with Crippen LogP contribution in [0.1, 0.15) is 33.3 Å². The van der Waals surface area contributed by atoms with E-state index in [0.29, 0.717) is 10.9 Å². The number of methoxy groups -OCH3 is 1. The summed E-state index contributed by atoms with van der Waals surface area (Å²) in [6.45, 7) is 9.57. The van der Waals surface area contributed by atoms with Crippen molar-refractivity contribution in [2.24, 2.45) is 10.9 Å². The Morgan fingerprint density at radius 2 is 1.83 bits per heavy atom. The van der Waals surface area contributed by atoms with Crippen LogP contribution in [-0.4, -0.2) is 48.1 Å². The zero-order valence-corrected chi connectivity index (χ0v) is 15.9. The minimum Gasteiger partial charge on any atom is -0.467 e. The topological polar surface area (TPSA) is 53.9 Å². The number of hydrogen-bond donors (Lipinski definition) is 1. The van der Waals surface area contributed by atoms with Crippen molar-refractivity contribution in [2.45, 2.75) is 33.7 Å². The molecule has 0 saturated heterocycles. The Labute approximate surface area is 150 Å². The van der Waals surface area contributed by atoms with Crippen molar-refractivity contribution >= 4 is 29.1 Å². The quantitative estimate of drug-likeness (QED) is 0.370. The average molecular weight is 350 g/mol. The summed E-state index contributed by atoms with van der Waals surface area (Å²) >= 11 is 5.48. The largest absolute Gasteiger partial charge is 0.467 e. The number of esters is 1. The summed E-state index contributed by atoms with van der Waals surface area (Å²) < 4.78 is 4.89. The van der Waals surface area contributed by atoms with Gasteiger partial charge in [-0.05, 0) is 32.0 Å². The second-order valence-electron chi connectivity index (χ2n) is 5.66. The Hall–Kier alpha value is -1.95. The van der Waals surface area contributed by atoms with E-state index in [4.69, 9.17) is 17.0 Å². The molecule has 0 bridgehead atoms. The number of ether oxygens (including phenoxy) is 1. The molecule has 0 amide bonds. The molecule has 0 radical (unpaired) electrons. The number of aliphatic imine (C=N–C) groups is 1. The molecule has 0 aliphatic carbocycles. The van der Waals surface area contributed by atoms with Gasteiger partial charge in [-0.1, -0.05) is 44.2 Å². The lowest BCUT2D eigenvalue weighted by Gasteiger charge is -2.24. The fourth-order valence-corrected chi connectivity index (χ4v) is 2.55. The average Bonchev–Trinajstić information content (AvgIpc) is 2.59. The number of rotatable bonds is 6. The summed E-state index contributed by atoms with van der Waals surface area (Å²) in [5.74, 6) is 0.241. The van der Waals surface area contributed by atoms with Gasteiger partial charge < -0.3 is 15.0 Å². The van der Waals surface area contributed by atoms with Crippen LogP contribution in [0.3, 0.4) is 0 Å². The number of carbonyl (C=O) groups excluding carboxylic acids is 1. The Morgan fingerprint density at radius 1 is 1.25 bits per heavy atom. The van der Waals surface area contributed by atoms with Gasteiger partial charge in [0.2, 0.25) is 0 Å². The van der Waals surface area contributed by atoms with Crippen LogP contribution in [-0.2, 0) is 9.53 Å². The highest BCUT2D eigenvalue weighted by atomic mass is 32.1. The van der Waals surface area contributed by atoms with E-state index in [0.717, 1.165) is 18.7 Å². The van der Waals surface area contributed by atoms with Gasteiger partial charge in [0.25, 0.3) is 0 Å². The molecule has 1 aromatic carbocycles. The third kappa shape index (κ3) is 5.60. The smallest absolute Gasteiger partial charge is 0.330 e. The van der Waals surface area contributed by atoms with E-state index < -0.39 is 6.04 Å². The molecule has 5 nitrogen and oxygen atoms in total. The van der Waals surface area contributed by atoms with E-state index in [1.807, 2.05) is 62.9 Å². The Kier molecular flexibility index (Phi) is 8.40. The molecular weight excluding hydrogens is 322 g/mol. The monoisotopic (exact) mass is 349 g/mol. The van der Waals surface area contributed by atoms with Gasteiger partial charge in [-0.15, -0.1) is 0 Å². The lowest BCUT2D eigenvalue weighted by molar-refractivity contribution is -0.143. The first kappa shape index (κ1) is 20.1. The molecule has 0 heterocycles. The molecule has 0 aliphatic rings. The van der Waals surface area contributed by atoms with Gasteiger partial charge in [-0.2, -0.15) is 0 Å². The molecule has 1 atom stereocenters. The van der Waals surface area contributed by atoms with Crippen molar-refractivity contribution in [3.05, 3.63) is 35.9 Å². The standard InChI is InChI=1S/C18H27N3O2S/c1-6-21(7-2)18(24)20-16(14-11-9-8-10-12-14)19-15(13(3)4)17(22)23-5/h8-13,15H,6-7H2,1-5H3,(H,19,20,24)/t15-/m0/s1. The van der Waals surface area contributed by atoms with Gasteiger partial charge in [-0.25, -0.2) is 4.79 Å². The molecule has 132 valence electrons. The predicted octanol–water partition coefficient (Wildman–Crippen LogP) is 2.85. The lowest BCUT2D eigenvalue weighted by Crippen LogP contribution is -2.43. The van der Waals surface area contributed by atoms with Crippen LogP contribution in [0.5, 0.6) is 0 Å². The third-order valence-corrected chi connectivity index (χ3v) is 4.03. The fraction of sp³-hybridized carbons (Fsp3) is 0.500. The van der Waals surface area contributed by atoms with Gasteiger partial charge in [0, 0.05) is 18.7 Å². The maximum Gasteiger partial charge on any atom is 0.330 e. The first-order valence-electron chi connectivity index (χ1n) is 8.21. The van der Waals surface area contributed by atoms with Crippen LogP contribution in [0.25, 0.3) is 0 Å².